The van der Waals surface area contributed by atoms with Crippen molar-refractivity contribution in [2.45, 2.75) is 11.3 Å². The van der Waals surface area contributed by atoms with Gasteiger partial charge >= 0.3 is 0 Å². The van der Waals surface area contributed by atoms with Crippen LogP contribution in [0.4, 0.5) is 0 Å². The molecule has 0 unspecified atom stereocenters. The predicted octanol–water partition coefficient (Wildman–Crippen LogP) is 1.92. The molecule has 0 aliphatic rings. The average molecular weight is 274 g/mol. The van der Waals surface area contributed by atoms with Crippen LogP contribution in [0.3, 0.4) is 0 Å². The van der Waals surface area contributed by atoms with Crippen molar-refractivity contribution in [3.8, 4) is 6.07 Å². The molecule has 0 atom stereocenters. The van der Waals surface area contributed by atoms with E-state index < -0.39 is 9.84 Å². The Labute approximate surface area is 91.4 Å². The Kier molecular flexibility index (Phi) is 3.29. The summed E-state index contributed by atoms with van der Waals surface area (Å²) in [6.45, 7) is 0. The van der Waals surface area contributed by atoms with Crippen LogP contribution in [-0.2, 0) is 16.3 Å². The fourth-order valence-electron chi connectivity index (χ4n) is 1.13. The fraction of sp³-hybridized carbons (Fsp3) is 0.222. The number of benzene rings is 1. The summed E-state index contributed by atoms with van der Waals surface area (Å²) in [6.07, 6.45) is 1.24. The maximum absolute atomic E-state index is 11.3. The molecule has 0 bridgehead atoms. The minimum atomic E-state index is -3.24. The van der Waals surface area contributed by atoms with Gasteiger partial charge in [-0.3, -0.25) is 0 Å². The van der Waals surface area contributed by atoms with E-state index in [9.17, 15) is 8.42 Å². The van der Waals surface area contributed by atoms with Crippen molar-refractivity contribution in [3.05, 3.63) is 28.2 Å². The summed E-state index contributed by atoms with van der Waals surface area (Å²) in [5.41, 5.74) is 0.532. The minimum absolute atomic E-state index is 0.0991. The molecule has 0 saturated carbocycles. The molecule has 1 rings (SSSR count). The van der Waals surface area contributed by atoms with Gasteiger partial charge in [-0.2, -0.15) is 5.26 Å². The summed E-state index contributed by atoms with van der Waals surface area (Å²) in [5.74, 6) is 0. The number of halogens is 1. The lowest BCUT2D eigenvalue weighted by Gasteiger charge is -2.04. The van der Waals surface area contributed by atoms with Gasteiger partial charge in [0.1, 0.15) is 0 Å². The number of nitriles is 1. The van der Waals surface area contributed by atoms with Crippen LogP contribution in [0.1, 0.15) is 5.56 Å². The lowest BCUT2D eigenvalue weighted by molar-refractivity contribution is 0.601. The van der Waals surface area contributed by atoms with E-state index in [2.05, 4.69) is 15.9 Å². The minimum Gasteiger partial charge on any atom is -0.224 e. The second kappa shape index (κ2) is 4.11. The van der Waals surface area contributed by atoms with Crippen molar-refractivity contribution in [2.75, 3.05) is 6.26 Å². The van der Waals surface area contributed by atoms with E-state index >= 15 is 0 Å². The molecule has 0 N–H and O–H groups in total. The third kappa shape index (κ3) is 2.56. The zero-order valence-electron chi connectivity index (χ0n) is 7.49. The van der Waals surface area contributed by atoms with E-state index in [1.165, 1.54) is 6.07 Å². The second-order valence-corrected chi connectivity index (χ2v) is 5.76. The Bertz CT molecular complexity index is 488. The Morgan fingerprint density at radius 1 is 1.50 bits per heavy atom. The van der Waals surface area contributed by atoms with Gasteiger partial charge in [0.15, 0.2) is 9.84 Å². The molecule has 0 aliphatic carbocycles. The van der Waals surface area contributed by atoms with Crippen molar-refractivity contribution in [2.24, 2.45) is 0 Å². The summed E-state index contributed by atoms with van der Waals surface area (Å²) < 4.78 is 23.4. The second-order valence-electron chi connectivity index (χ2n) is 2.86. The number of hydrogen-bond donors (Lipinski definition) is 0. The van der Waals surface area contributed by atoms with Crippen LogP contribution in [0.5, 0.6) is 0 Å². The maximum Gasteiger partial charge on any atom is 0.175 e. The molecule has 0 fully saturated rings. The van der Waals surface area contributed by atoms with Crippen molar-refractivity contribution in [1.82, 2.24) is 0 Å². The van der Waals surface area contributed by atoms with Gasteiger partial charge < -0.3 is 0 Å². The van der Waals surface area contributed by atoms with E-state index in [0.29, 0.717) is 5.56 Å². The van der Waals surface area contributed by atoms with Crippen LogP contribution >= 0.6 is 15.9 Å². The lowest BCUT2D eigenvalue weighted by atomic mass is 10.2. The lowest BCUT2D eigenvalue weighted by Crippen LogP contribution is -2.01. The molecule has 0 saturated heterocycles. The molecule has 1 aromatic rings. The summed E-state index contributed by atoms with van der Waals surface area (Å²) in [7, 11) is -3.24. The van der Waals surface area contributed by atoms with E-state index in [4.69, 9.17) is 5.26 Å². The first-order valence-corrected chi connectivity index (χ1v) is 6.49. The summed E-state index contributed by atoms with van der Waals surface area (Å²) >= 11 is 3.23. The highest BCUT2D eigenvalue weighted by Gasteiger charge is 2.12. The highest BCUT2D eigenvalue weighted by atomic mass is 79.9. The van der Waals surface area contributed by atoms with Gasteiger partial charge in [0, 0.05) is 10.7 Å². The molecule has 0 radical (unpaired) electrons. The highest BCUT2D eigenvalue weighted by molar-refractivity contribution is 9.10. The largest absolute Gasteiger partial charge is 0.224 e. The molecule has 0 spiro atoms. The standard InChI is InChI=1S/C9H8BrNO2S/c1-14(12,13)9-3-2-8(10)6-7(9)4-5-11/h2-3,6H,4H2,1H3. The van der Waals surface area contributed by atoms with E-state index in [0.717, 1.165) is 10.7 Å². The zero-order valence-corrected chi connectivity index (χ0v) is 9.89. The van der Waals surface area contributed by atoms with Gasteiger partial charge in [-0.25, -0.2) is 8.42 Å². The van der Waals surface area contributed by atoms with Crippen LogP contribution < -0.4 is 0 Å². The normalized spacial score (nSPS) is 10.9. The van der Waals surface area contributed by atoms with Crippen molar-refractivity contribution in [1.29, 1.82) is 5.26 Å². The topological polar surface area (TPSA) is 57.9 Å². The molecule has 1 aromatic carbocycles. The first kappa shape index (κ1) is 11.2. The average Bonchev–Trinajstić information content (AvgIpc) is 2.02. The van der Waals surface area contributed by atoms with Gasteiger partial charge in [-0.15, -0.1) is 0 Å². The molecule has 0 aliphatic heterocycles. The maximum atomic E-state index is 11.3. The third-order valence-corrected chi connectivity index (χ3v) is 3.38. The molecule has 0 amide bonds. The SMILES string of the molecule is CS(=O)(=O)c1ccc(Br)cc1CC#N. The van der Waals surface area contributed by atoms with Crippen LogP contribution in [0, 0.1) is 11.3 Å². The Morgan fingerprint density at radius 3 is 2.64 bits per heavy atom. The summed E-state index contributed by atoms with van der Waals surface area (Å²) in [6, 6.07) is 6.75. The quantitative estimate of drug-likeness (QED) is 0.827. The molecule has 0 heterocycles. The van der Waals surface area contributed by atoms with Crippen LogP contribution in [0.25, 0.3) is 0 Å². The highest BCUT2D eigenvalue weighted by Crippen LogP contribution is 2.21. The van der Waals surface area contributed by atoms with Crippen LogP contribution in [0.2, 0.25) is 0 Å². The molecular weight excluding hydrogens is 266 g/mol. The molecule has 3 nitrogen and oxygen atoms in total. The summed E-state index contributed by atoms with van der Waals surface area (Å²) in [4.78, 5) is 0.224. The van der Waals surface area contributed by atoms with Gasteiger partial charge in [0.2, 0.25) is 0 Å². The summed E-state index contributed by atoms with van der Waals surface area (Å²) in [5, 5.41) is 8.54. The third-order valence-electron chi connectivity index (χ3n) is 1.69. The van der Waals surface area contributed by atoms with E-state index in [-0.39, 0.29) is 11.3 Å². The van der Waals surface area contributed by atoms with Crippen LogP contribution in [0.15, 0.2) is 27.6 Å². The van der Waals surface area contributed by atoms with Gasteiger partial charge in [-0.05, 0) is 23.8 Å². The van der Waals surface area contributed by atoms with Crippen molar-refractivity contribution >= 4 is 25.8 Å². The molecular formula is C9H8BrNO2S. The smallest absolute Gasteiger partial charge is 0.175 e. The Morgan fingerprint density at radius 2 is 2.14 bits per heavy atom. The molecule has 74 valence electrons. The van der Waals surface area contributed by atoms with Crippen molar-refractivity contribution in [3.63, 3.8) is 0 Å². The number of sulfone groups is 1. The fourth-order valence-corrected chi connectivity index (χ4v) is 2.46. The number of nitrogens with zero attached hydrogens (tertiary/aromatic N) is 1. The Hall–Kier alpha value is -0.860. The predicted molar refractivity (Wildman–Crippen MR) is 56.6 cm³/mol. The van der Waals surface area contributed by atoms with Crippen molar-refractivity contribution < 1.29 is 8.42 Å². The monoisotopic (exact) mass is 273 g/mol. The number of hydrogen-bond acceptors (Lipinski definition) is 3. The van der Waals surface area contributed by atoms with E-state index in [1.807, 2.05) is 6.07 Å². The van der Waals surface area contributed by atoms with Gasteiger partial charge in [-0.1, -0.05) is 15.9 Å². The first-order chi connectivity index (χ1) is 6.45. The van der Waals surface area contributed by atoms with Crippen LogP contribution in [-0.4, -0.2) is 14.7 Å². The Balaban J connectivity index is 3.38. The van der Waals surface area contributed by atoms with Gasteiger partial charge in [0.05, 0.1) is 17.4 Å². The number of rotatable bonds is 2. The first-order valence-electron chi connectivity index (χ1n) is 3.80. The van der Waals surface area contributed by atoms with E-state index in [1.54, 1.807) is 12.1 Å². The molecule has 5 heteroatoms. The molecule has 14 heavy (non-hydrogen) atoms. The molecule has 0 aromatic heterocycles. The van der Waals surface area contributed by atoms with Gasteiger partial charge in [0.25, 0.3) is 0 Å². The zero-order chi connectivity index (χ0) is 10.8.